The second-order valence-electron chi connectivity index (χ2n) is 7.21. The summed E-state index contributed by atoms with van der Waals surface area (Å²) in [4.78, 5) is 21.9. The van der Waals surface area contributed by atoms with E-state index in [4.69, 9.17) is 9.15 Å². The lowest BCUT2D eigenvalue weighted by molar-refractivity contribution is 0.0926. The van der Waals surface area contributed by atoms with Crippen LogP contribution in [-0.4, -0.2) is 26.9 Å². The molecule has 5 rings (SSSR count). The van der Waals surface area contributed by atoms with E-state index < -0.39 is 0 Å². The van der Waals surface area contributed by atoms with Crippen molar-refractivity contribution in [3.05, 3.63) is 71.5 Å². The third-order valence-corrected chi connectivity index (χ3v) is 5.22. The molecule has 1 unspecified atom stereocenters. The normalized spacial score (nSPS) is 15.7. The van der Waals surface area contributed by atoms with Gasteiger partial charge < -0.3 is 18.9 Å². The minimum Gasteiger partial charge on any atom is -0.493 e. The highest BCUT2D eigenvalue weighted by molar-refractivity contribution is 6.00. The maximum atomic E-state index is 13.1. The Balaban J connectivity index is 1.48. The van der Waals surface area contributed by atoms with Crippen molar-refractivity contribution in [1.82, 2.24) is 19.7 Å². The van der Waals surface area contributed by atoms with Crippen molar-refractivity contribution < 1.29 is 13.9 Å². The molecule has 1 aliphatic heterocycles. The Kier molecular flexibility index (Phi) is 4.08. The number of carbonyl (C=O) groups is 1. The van der Waals surface area contributed by atoms with Gasteiger partial charge in [-0.2, -0.15) is 0 Å². The van der Waals surface area contributed by atoms with Gasteiger partial charge in [0.15, 0.2) is 0 Å². The van der Waals surface area contributed by atoms with E-state index in [1.807, 2.05) is 54.8 Å². The van der Waals surface area contributed by atoms with Gasteiger partial charge in [0.1, 0.15) is 17.7 Å². The molecule has 1 aliphatic rings. The summed E-state index contributed by atoms with van der Waals surface area (Å²) >= 11 is 0. The fraction of sp³-hybridized carbons (Fsp3) is 0.227. The number of amides is 1. The molecule has 1 atom stereocenters. The lowest BCUT2D eigenvalue weighted by Crippen LogP contribution is -2.32. The van der Waals surface area contributed by atoms with Crippen LogP contribution in [0, 0.1) is 13.8 Å². The van der Waals surface area contributed by atoms with Crippen LogP contribution in [0.5, 0.6) is 5.75 Å². The zero-order valence-electron chi connectivity index (χ0n) is 16.2. The topological polar surface area (TPSA) is 81.7 Å². The summed E-state index contributed by atoms with van der Waals surface area (Å²) in [5.74, 6) is 1.16. The molecule has 7 nitrogen and oxygen atoms in total. The number of hydrogen-bond donors (Lipinski definition) is 1. The number of hydrogen-bond acceptors (Lipinski definition) is 5. The molecular weight excluding hydrogens is 368 g/mol. The molecule has 1 aromatic carbocycles. The monoisotopic (exact) mass is 388 g/mol. The van der Waals surface area contributed by atoms with Crippen LogP contribution in [0.2, 0.25) is 0 Å². The molecule has 0 bridgehead atoms. The van der Waals surface area contributed by atoms with E-state index in [1.165, 1.54) is 0 Å². The molecule has 0 aliphatic carbocycles. The number of aryl methyl sites for hydroxylation is 2. The minimum atomic E-state index is -0.165. The second-order valence-corrected chi connectivity index (χ2v) is 7.21. The largest absolute Gasteiger partial charge is 0.493 e. The number of carbonyl (C=O) groups excluding carboxylic acids is 1. The Labute approximate surface area is 167 Å². The fourth-order valence-corrected chi connectivity index (χ4v) is 3.85. The molecule has 4 aromatic rings. The molecule has 29 heavy (non-hydrogen) atoms. The van der Waals surface area contributed by atoms with Gasteiger partial charge in [0.25, 0.3) is 5.91 Å². The number of aromatic nitrogens is 3. The third kappa shape index (κ3) is 3.04. The first-order valence-corrected chi connectivity index (χ1v) is 9.53. The number of rotatable bonds is 3. The SMILES string of the molecule is Cc1cc(C)n2ccc(C(=O)NC3CCOc4ccc(-c5ncco5)cc43)c2n1. The zero-order valence-corrected chi connectivity index (χ0v) is 16.2. The Bertz CT molecular complexity index is 1210. The van der Waals surface area contributed by atoms with Crippen molar-refractivity contribution in [2.24, 2.45) is 0 Å². The second kappa shape index (κ2) is 6.77. The van der Waals surface area contributed by atoms with Crippen molar-refractivity contribution in [3.63, 3.8) is 0 Å². The van der Waals surface area contributed by atoms with Crippen molar-refractivity contribution in [2.45, 2.75) is 26.3 Å². The Morgan fingerprint density at radius 3 is 2.97 bits per heavy atom. The van der Waals surface area contributed by atoms with Gasteiger partial charge in [0.2, 0.25) is 5.89 Å². The van der Waals surface area contributed by atoms with Crippen LogP contribution in [0.15, 0.2) is 53.4 Å². The van der Waals surface area contributed by atoms with E-state index in [9.17, 15) is 4.79 Å². The minimum absolute atomic E-state index is 0.149. The molecule has 0 saturated heterocycles. The molecule has 3 aromatic heterocycles. The van der Waals surface area contributed by atoms with Crippen LogP contribution in [0.4, 0.5) is 0 Å². The Hall–Kier alpha value is -3.61. The number of fused-ring (bicyclic) bond motifs is 2. The van der Waals surface area contributed by atoms with Gasteiger partial charge in [-0.1, -0.05) is 0 Å². The van der Waals surface area contributed by atoms with Gasteiger partial charge >= 0.3 is 0 Å². The van der Waals surface area contributed by atoms with Crippen molar-refractivity contribution in [1.29, 1.82) is 0 Å². The summed E-state index contributed by atoms with van der Waals surface area (Å²) in [6.45, 7) is 4.48. The van der Waals surface area contributed by atoms with Crippen LogP contribution in [0.25, 0.3) is 17.1 Å². The van der Waals surface area contributed by atoms with Crippen molar-refractivity contribution in [2.75, 3.05) is 6.61 Å². The summed E-state index contributed by atoms with van der Waals surface area (Å²) in [6.07, 6.45) is 5.72. The molecule has 7 heteroatoms. The molecule has 4 heterocycles. The van der Waals surface area contributed by atoms with E-state index in [1.54, 1.807) is 12.5 Å². The average Bonchev–Trinajstić information content (AvgIpc) is 3.38. The van der Waals surface area contributed by atoms with E-state index in [2.05, 4.69) is 15.3 Å². The zero-order chi connectivity index (χ0) is 20.0. The average molecular weight is 388 g/mol. The predicted octanol–water partition coefficient (Wildman–Crippen LogP) is 3.86. The van der Waals surface area contributed by atoms with Crippen LogP contribution < -0.4 is 10.1 Å². The number of nitrogens with zero attached hydrogens (tertiary/aromatic N) is 3. The van der Waals surface area contributed by atoms with Gasteiger partial charge in [0, 0.05) is 35.1 Å². The highest BCUT2D eigenvalue weighted by Crippen LogP contribution is 2.35. The standard InChI is InChI=1S/C22H20N4O3/c1-13-11-14(2)26-8-5-16(20(26)24-13)21(27)25-18-6-9-28-19-4-3-15(12-17(18)19)22-23-7-10-29-22/h3-5,7-8,10-12,18H,6,9H2,1-2H3,(H,25,27). The van der Waals surface area contributed by atoms with E-state index in [0.29, 0.717) is 30.1 Å². The Morgan fingerprint density at radius 2 is 2.14 bits per heavy atom. The molecule has 0 spiro atoms. The van der Waals surface area contributed by atoms with E-state index in [-0.39, 0.29) is 11.9 Å². The van der Waals surface area contributed by atoms with E-state index in [0.717, 1.165) is 28.3 Å². The smallest absolute Gasteiger partial charge is 0.255 e. The van der Waals surface area contributed by atoms with Crippen LogP contribution in [-0.2, 0) is 0 Å². The van der Waals surface area contributed by atoms with Crippen LogP contribution in [0.1, 0.15) is 39.8 Å². The Morgan fingerprint density at radius 1 is 1.24 bits per heavy atom. The maximum Gasteiger partial charge on any atom is 0.255 e. The lowest BCUT2D eigenvalue weighted by atomic mass is 9.98. The van der Waals surface area contributed by atoms with Crippen molar-refractivity contribution >= 4 is 11.6 Å². The van der Waals surface area contributed by atoms with Crippen LogP contribution >= 0.6 is 0 Å². The van der Waals surface area contributed by atoms with Gasteiger partial charge in [-0.15, -0.1) is 0 Å². The molecule has 146 valence electrons. The van der Waals surface area contributed by atoms with Gasteiger partial charge in [-0.05, 0) is 44.2 Å². The summed E-state index contributed by atoms with van der Waals surface area (Å²) in [5, 5.41) is 3.16. The number of oxazole rings is 1. The summed E-state index contributed by atoms with van der Waals surface area (Å²) in [7, 11) is 0. The van der Waals surface area contributed by atoms with Crippen LogP contribution in [0.3, 0.4) is 0 Å². The first-order valence-electron chi connectivity index (χ1n) is 9.53. The molecule has 1 N–H and O–H groups in total. The maximum absolute atomic E-state index is 13.1. The molecule has 0 radical (unpaired) electrons. The summed E-state index contributed by atoms with van der Waals surface area (Å²) in [6, 6.07) is 9.42. The summed E-state index contributed by atoms with van der Waals surface area (Å²) < 4.78 is 13.1. The molecule has 0 saturated carbocycles. The van der Waals surface area contributed by atoms with Gasteiger partial charge in [-0.25, -0.2) is 9.97 Å². The highest BCUT2D eigenvalue weighted by Gasteiger charge is 2.26. The highest BCUT2D eigenvalue weighted by atomic mass is 16.5. The molecule has 0 fully saturated rings. The number of ether oxygens (including phenoxy) is 1. The quantitative estimate of drug-likeness (QED) is 0.576. The first kappa shape index (κ1) is 17.5. The third-order valence-electron chi connectivity index (χ3n) is 5.22. The fourth-order valence-electron chi connectivity index (χ4n) is 3.85. The predicted molar refractivity (Wildman–Crippen MR) is 107 cm³/mol. The molecular formula is C22H20N4O3. The van der Waals surface area contributed by atoms with Gasteiger partial charge in [0.05, 0.1) is 24.4 Å². The van der Waals surface area contributed by atoms with E-state index >= 15 is 0 Å². The lowest BCUT2D eigenvalue weighted by Gasteiger charge is -2.27. The number of benzene rings is 1. The number of nitrogens with one attached hydrogen (secondary N) is 1. The first-order chi connectivity index (χ1) is 14.1. The van der Waals surface area contributed by atoms with Gasteiger partial charge in [-0.3, -0.25) is 4.79 Å². The van der Waals surface area contributed by atoms with Crippen molar-refractivity contribution in [3.8, 4) is 17.2 Å². The molecule has 1 amide bonds. The summed E-state index contributed by atoms with van der Waals surface area (Å²) in [5.41, 5.74) is 4.92.